The largest absolute Gasteiger partial charge is 0.404 e. The first-order valence-electron chi connectivity index (χ1n) is 11.0. The minimum Gasteiger partial charge on any atom is -0.404 e. The first kappa shape index (κ1) is 21.7. The smallest absolute Gasteiger partial charge is 0.274 e. The molecule has 0 unspecified atom stereocenters. The highest BCUT2D eigenvalue weighted by molar-refractivity contribution is 6.11. The lowest BCUT2D eigenvalue weighted by Gasteiger charge is -2.21. The highest BCUT2D eigenvalue weighted by Gasteiger charge is 2.19. The Morgan fingerprint density at radius 3 is 2.47 bits per heavy atom. The number of fused-ring (bicyclic) bond motifs is 1. The summed E-state index contributed by atoms with van der Waals surface area (Å²) < 4.78 is 8.25. The fraction of sp³-hybridized carbons (Fsp3) is 0.192. The summed E-state index contributed by atoms with van der Waals surface area (Å²) in [7, 11) is 3.43. The summed E-state index contributed by atoms with van der Waals surface area (Å²) in [6.07, 6.45) is 6.77. The molecule has 1 saturated heterocycles. The molecule has 1 fully saturated rings. The SMILES string of the molecule is Cn1cc(-c2ccccc2)c(-c2cn(C)c(=O)c3[nH]c(/C(C=NC4COC4)=C/N)cc23)cc1=O. The summed E-state index contributed by atoms with van der Waals surface area (Å²) in [6, 6.07) is 13.5. The van der Waals surface area contributed by atoms with Gasteiger partial charge in [0.1, 0.15) is 5.52 Å². The van der Waals surface area contributed by atoms with Crippen LogP contribution in [0, 0.1) is 0 Å². The van der Waals surface area contributed by atoms with Crippen molar-refractivity contribution in [2.75, 3.05) is 13.2 Å². The summed E-state index contributed by atoms with van der Waals surface area (Å²) >= 11 is 0. The number of rotatable bonds is 5. The minimum absolute atomic E-state index is 0.122. The van der Waals surface area contributed by atoms with Crippen molar-refractivity contribution in [1.82, 2.24) is 14.1 Å². The van der Waals surface area contributed by atoms with Crippen molar-refractivity contribution in [3.8, 4) is 22.3 Å². The van der Waals surface area contributed by atoms with Crippen LogP contribution in [0.25, 0.3) is 38.7 Å². The topological polar surface area (TPSA) is 107 Å². The van der Waals surface area contributed by atoms with Crippen molar-refractivity contribution < 1.29 is 4.74 Å². The number of aromatic amines is 1. The van der Waals surface area contributed by atoms with Gasteiger partial charge in [-0.2, -0.15) is 0 Å². The van der Waals surface area contributed by atoms with Crippen molar-refractivity contribution >= 4 is 22.7 Å². The van der Waals surface area contributed by atoms with Crippen LogP contribution in [-0.4, -0.2) is 39.6 Å². The van der Waals surface area contributed by atoms with Gasteiger partial charge in [0.15, 0.2) is 0 Å². The summed E-state index contributed by atoms with van der Waals surface area (Å²) in [4.78, 5) is 33.4. The van der Waals surface area contributed by atoms with Gasteiger partial charge in [-0.3, -0.25) is 14.6 Å². The average molecular weight is 456 g/mol. The predicted molar refractivity (Wildman–Crippen MR) is 135 cm³/mol. The molecule has 1 aromatic carbocycles. The Hall–Kier alpha value is -4.17. The molecular weight excluding hydrogens is 430 g/mol. The summed E-state index contributed by atoms with van der Waals surface area (Å²) in [5, 5.41) is 0.711. The molecule has 3 aromatic heterocycles. The number of nitrogens with two attached hydrogens (primary N) is 1. The molecule has 4 aromatic rings. The molecule has 0 saturated carbocycles. The zero-order valence-electron chi connectivity index (χ0n) is 19.0. The predicted octanol–water partition coefficient (Wildman–Crippen LogP) is 2.67. The lowest BCUT2D eigenvalue weighted by Crippen LogP contribution is -2.31. The summed E-state index contributed by atoms with van der Waals surface area (Å²) in [6.45, 7) is 1.19. The van der Waals surface area contributed by atoms with Crippen molar-refractivity contribution in [2.24, 2.45) is 24.8 Å². The maximum absolute atomic E-state index is 13.0. The third kappa shape index (κ3) is 3.78. The highest BCUT2D eigenvalue weighted by Crippen LogP contribution is 2.35. The van der Waals surface area contributed by atoms with Gasteiger partial charge >= 0.3 is 0 Å². The van der Waals surface area contributed by atoms with Gasteiger partial charge in [-0.15, -0.1) is 0 Å². The number of nitrogens with one attached hydrogen (secondary N) is 1. The van der Waals surface area contributed by atoms with Crippen molar-refractivity contribution in [3.05, 3.63) is 87.5 Å². The van der Waals surface area contributed by atoms with E-state index >= 15 is 0 Å². The van der Waals surface area contributed by atoms with Crippen LogP contribution in [0.5, 0.6) is 0 Å². The second-order valence-corrected chi connectivity index (χ2v) is 8.44. The van der Waals surface area contributed by atoms with Crippen molar-refractivity contribution in [1.29, 1.82) is 0 Å². The number of aryl methyl sites for hydroxylation is 2. The van der Waals surface area contributed by atoms with E-state index in [0.717, 1.165) is 22.3 Å². The zero-order valence-corrected chi connectivity index (χ0v) is 19.0. The molecule has 0 amide bonds. The van der Waals surface area contributed by atoms with Gasteiger partial charge in [0.05, 0.1) is 19.3 Å². The lowest BCUT2D eigenvalue weighted by molar-refractivity contribution is 0.0136. The fourth-order valence-corrected chi connectivity index (χ4v) is 4.10. The Bertz CT molecular complexity index is 1550. The third-order valence-corrected chi connectivity index (χ3v) is 6.10. The quantitative estimate of drug-likeness (QED) is 0.451. The number of allylic oxidation sites excluding steroid dienone is 1. The molecule has 0 atom stereocenters. The van der Waals surface area contributed by atoms with E-state index in [2.05, 4.69) is 9.98 Å². The van der Waals surface area contributed by atoms with Gasteiger partial charge in [-0.25, -0.2) is 0 Å². The number of aliphatic imine (C=N–C) groups is 1. The monoisotopic (exact) mass is 455 g/mol. The summed E-state index contributed by atoms with van der Waals surface area (Å²) in [5.41, 5.74) is 10.8. The number of pyridine rings is 2. The Balaban J connectivity index is 1.73. The minimum atomic E-state index is -0.171. The molecular formula is C26H25N5O3. The second kappa shape index (κ2) is 8.64. The summed E-state index contributed by atoms with van der Waals surface area (Å²) in [5.74, 6) is 0. The van der Waals surface area contributed by atoms with Gasteiger partial charge in [0.25, 0.3) is 11.1 Å². The van der Waals surface area contributed by atoms with Crippen LogP contribution in [0.4, 0.5) is 0 Å². The van der Waals surface area contributed by atoms with Crippen molar-refractivity contribution in [2.45, 2.75) is 6.04 Å². The number of hydrogen-bond acceptors (Lipinski definition) is 5. The molecule has 1 aliphatic heterocycles. The second-order valence-electron chi connectivity index (χ2n) is 8.44. The van der Waals surface area contributed by atoms with Crippen LogP contribution >= 0.6 is 0 Å². The number of H-pyrrole nitrogens is 1. The van der Waals surface area contributed by atoms with E-state index in [1.807, 2.05) is 42.6 Å². The third-order valence-electron chi connectivity index (χ3n) is 6.10. The molecule has 0 bridgehead atoms. The first-order chi connectivity index (χ1) is 16.5. The van der Waals surface area contributed by atoms with E-state index in [-0.39, 0.29) is 17.2 Å². The molecule has 8 heteroatoms. The molecule has 3 N–H and O–H groups in total. The molecule has 0 aliphatic carbocycles. The van der Waals surface area contributed by atoms with Crippen LogP contribution in [0.1, 0.15) is 5.69 Å². The number of aromatic nitrogens is 3. The Morgan fingerprint density at radius 1 is 1.06 bits per heavy atom. The van der Waals surface area contributed by atoms with Gasteiger partial charge in [0, 0.05) is 72.8 Å². The van der Waals surface area contributed by atoms with Crippen LogP contribution < -0.4 is 16.9 Å². The fourth-order valence-electron chi connectivity index (χ4n) is 4.10. The average Bonchev–Trinajstić information content (AvgIpc) is 3.25. The van der Waals surface area contributed by atoms with Crippen molar-refractivity contribution in [3.63, 3.8) is 0 Å². The van der Waals surface area contributed by atoms with Gasteiger partial charge in [-0.05, 0) is 17.2 Å². The van der Waals surface area contributed by atoms with E-state index < -0.39 is 0 Å². The molecule has 4 heterocycles. The van der Waals surface area contributed by atoms with E-state index in [0.29, 0.717) is 35.4 Å². The number of nitrogens with zero attached hydrogens (tertiary/aromatic N) is 3. The van der Waals surface area contributed by atoms with E-state index in [1.165, 1.54) is 10.8 Å². The van der Waals surface area contributed by atoms with Gasteiger partial charge in [-0.1, -0.05) is 30.3 Å². The molecule has 0 radical (unpaired) electrons. The lowest BCUT2D eigenvalue weighted by atomic mass is 9.95. The molecule has 34 heavy (non-hydrogen) atoms. The molecule has 0 spiro atoms. The molecule has 172 valence electrons. The Labute approximate surface area is 195 Å². The standard InChI is InChI=1S/C26H25N5O3/c1-30-12-21(16-6-4-3-5-7-16)19(9-24(30)32)22-13-31(2)26(33)25-20(22)8-23(29-25)17(10-27)11-28-18-14-34-15-18/h3-13,18,29H,14-15,27H2,1-2H3/b17-10+,28-11?. The molecule has 8 nitrogen and oxygen atoms in total. The Kier molecular flexibility index (Phi) is 5.51. The van der Waals surface area contributed by atoms with E-state index in [1.54, 1.807) is 37.1 Å². The van der Waals surface area contributed by atoms with E-state index in [4.69, 9.17) is 10.5 Å². The van der Waals surface area contributed by atoms with Crippen LogP contribution in [0.15, 0.2) is 75.6 Å². The zero-order chi connectivity index (χ0) is 23.8. The van der Waals surface area contributed by atoms with Crippen LogP contribution in [-0.2, 0) is 18.8 Å². The number of ether oxygens (including phenoxy) is 1. The molecule has 5 rings (SSSR count). The van der Waals surface area contributed by atoms with Crippen LogP contribution in [0.2, 0.25) is 0 Å². The highest BCUT2D eigenvalue weighted by atomic mass is 16.5. The van der Waals surface area contributed by atoms with Gasteiger partial charge in [0.2, 0.25) is 0 Å². The normalized spacial score (nSPS) is 14.7. The van der Waals surface area contributed by atoms with E-state index in [9.17, 15) is 9.59 Å². The molecule has 1 aliphatic rings. The number of hydrogen-bond donors (Lipinski definition) is 2. The maximum Gasteiger partial charge on any atom is 0.274 e. The van der Waals surface area contributed by atoms with Crippen LogP contribution in [0.3, 0.4) is 0 Å². The Morgan fingerprint density at radius 2 is 1.79 bits per heavy atom. The number of benzene rings is 1. The maximum atomic E-state index is 13.0. The van der Waals surface area contributed by atoms with Gasteiger partial charge < -0.3 is 24.6 Å². The first-order valence-corrected chi connectivity index (χ1v) is 11.0.